The lowest BCUT2D eigenvalue weighted by Crippen LogP contribution is -1.98. The summed E-state index contributed by atoms with van der Waals surface area (Å²) in [6, 6.07) is 9.38. The van der Waals surface area contributed by atoms with Gasteiger partial charge in [-0.3, -0.25) is 0 Å². The number of H-pyrrole nitrogens is 1. The van der Waals surface area contributed by atoms with E-state index in [1.54, 1.807) is 25.3 Å². The zero-order chi connectivity index (χ0) is 15.9. The minimum atomic E-state index is -1.06. The summed E-state index contributed by atoms with van der Waals surface area (Å²) in [6.45, 7) is 1.86. The van der Waals surface area contributed by atoms with Crippen LogP contribution in [0.2, 0.25) is 0 Å². The molecule has 0 saturated heterocycles. The molecule has 2 N–H and O–H groups in total. The molecule has 22 heavy (non-hydrogen) atoms. The Labute approximate surface area is 126 Å². The topological polar surface area (TPSA) is 62.3 Å². The second-order valence-electron chi connectivity index (χ2n) is 5.00. The summed E-state index contributed by atoms with van der Waals surface area (Å²) in [6.07, 6.45) is 0. The number of nitrogens with one attached hydrogen (secondary N) is 1. The van der Waals surface area contributed by atoms with Crippen molar-refractivity contribution in [2.24, 2.45) is 0 Å². The number of benzene rings is 2. The van der Waals surface area contributed by atoms with Crippen LogP contribution in [0.15, 0.2) is 36.4 Å². The molecule has 0 unspecified atom stereocenters. The number of carboxylic acid groups (broad SMARTS) is 1. The zero-order valence-electron chi connectivity index (χ0n) is 12.1. The van der Waals surface area contributed by atoms with E-state index in [1.165, 1.54) is 12.1 Å². The van der Waals surface area contributed by atoms with Crippen molar-refractivity contribution in [2.45, 2.75) is 6.92 Å². The molecule has 1 heterocycles. The number of methoxy groups -OCH3 is 1. The van der Waals surface area contributed by atoms with Crippen molar-refractivity contribution >= 4 is 16.9 Å². The standard InChI is InChI=1S/C17H14FNO3/c1-9-13(22-2)8-7-12-14(10-3-5-11(18)6-4-10)16(17(20)21)19-15(9)12/h3-8,19H,1-2H3,(H,20,21). The molecule has 3 aromatic rings. The number of halogens is 1. The highest BCUT2D eigenvalue weighted by Crippen LogP contribution is 2.36. The van der Waals surface area contributed by atoms with Gasteiger partial charge >= 0.3 is 5.97 Å². The summed E-state index contributed by atoms with van der Waals surface area (Å²) >= 11 is 0. The Morgan fingerprint density at radius 3 is 2.45 bits per heavy atom. The molecule has 0 radical (unpaired) electrons. The van der Waals surface area contributed by atoms with Gasteiger partial charge in [0, 0.05) is 16.5 Å². The van der Waals surface area contributed by atoms with Crippen molar-refractivity contribution in [1.29, 1.82) is 0 Å². The number of aromatic nitrogens is 1. The first-order valence-electron chi connectivity index (χ1n) is 6.71. The SMILES string of the molecule is COc1ccc2c(-c3ccc(F)cc3)c(C(=O)O)[nH]c2c1C. The molecule has 0 aliphatic rings. The lowest BCUT2D eigenvalue weighted by molar-refractivity contribution is 0.0692. The van der Waals surface area contributed by atoms with Crippen LogP contribution in [-0.2, 0) is 0 Å². The van der Waals surface area contributed by atoms with Gasteiger partial charge in [0.05, 0.1) is 12.6 Å². The fourth-order valence-corrected chi connectivity index (χ4v) is 2.68. The maximum absolute atomic E-state index is 13.1. The third kappa shape index (κ3) is 2.11. The van der Waals surface area contributed by atoms with E-state index in [0.717, 1.165) is 10.9 Å². The van der Waals surface area contributed by atoms with Crippen molar-refractivity contribution in [1.82, 2.24) is 4.98 Å². The van der Waals surface area contributed by atoms with Crippen molar-refractivity contribution < 1.29 is 19.0 Å². The fraction of sp³-hybridized carbons (Fsp3) is 0.118. The highest BCUT2D eigenvalue weighted by Gasteiger charge is 2.20. The number of rotatable bonds is 3. The molecule has 0 spiro atoms. The van der Waals surface area contributed by atoms with Gasteiger partial charge in [-0.2, -0.15) is 0 Å². The summed E-state index contributed by atoms with van der Waals surface area (Å²) in [7, 11) is 1.57. The largest absolute Gasteiger partial charge is 0.496 e. The van der Waals surface area contributed by atoms with Gasteiger partial charge in [0.1, 0.15) is 17.3 Å². The molecule has 4 nitrogen and oxygen atoms in total. The van der Waals surface area contributed by atoms with E-state index in [4.69, 9.17) is 4.74 Å². The molecule has 0 bridgehead atoms. The van der Waals surface area contributed by atoms with E-state index in [9.17, 15) is 14.3 Å². The van der Waals surface area contributed by atoms with E-state index >= 15 is 0 Å². The molecule has 0 fully saturated rings. The van der Waals surface area contributed by atoms with Gasteiger partial charge in [-0.25, -0.2) is 9.18 Å². The normalized spacial score (nSPS) is 10.9. The highest BCUT2D eigenvalue weighted by atomic mass is 19.1. The van der Waals surface area contributed by atoms with Crippen molar-refractivity contribution in [2.75, 3.05) is 7.11 Å². The Morgan fingerprint density at radius 1 is 1.18 bits per heavy atom. The van der Waals surface area contributed by atoms with Crippen LogP contribution >= 0.6 is 0 Å². The molecule has 0 amide bonds. The Balaban J connectivity index is 2.36. The van der Waals surface area contributed by atoms with Crippen LogP contribution in [0.1, 0.15) is 16.1 Å². The molecule has 2 aromatic carbocycles. The molecule has 0 saturated carbocycles. The number of hydrogen-bond acceptors (Lipinski definition) is 2. The molecule has 3 rings (SSSR count). The first-order chi connectivity index (χ1) is 10.5. The monoisotopic (exact) mass is 299 g/mol. The lowest BCUT2D eigenvalue weighted by Gasteiger charge is -2.06. The van der Waals surface area contributed by atoms with Crippen LogP contribution in [0.25, 0.3) is 22.0 Å². The van der Waals surface area contributed by atoms with Crippen molar-refractivity contribution in [3.63, 3.8) is 0 Å². The summed E-state index contributed by atoms with van der Waals surface area (Å²) in [5, 5.41) is 10.2. The summed E-state index contributed by atoms with van der Waals surface area (Å²) in [4.78, 5) is 14.5. The maximum atomic E-state index is 13.1. The minimum Gasteiger partial charge on any atom is -0.496 e. The molecular weight excluding hydrogens is 285 g/mol. The molecule has 1 aromatic heterocycles. The number of hydrogen-bond donors (Lipinski definition) is 2. The number of aryl methyl sites for hydroxylation is 1. The quantitative estimate of drug-likeness (QED) is 0.768. The number of carboxylic acids is 1. The van der Waals surface area contributed by atoms with Crippen LogP contribution in [0.3, 0.4) is 0 Å². The van der Waals surface area contributed by atoms with Gasteiger partial charge in [-0.15, -0.1) is 0 Å². The van der Waals surface area contributed by atoms with Gasteiger partial charge in [0.15, 0.2) is 0 Å². The maximum Gasteiger partial charge on any atom is 0.352 e. The smallest absolute Gasteiger partial charge is 0.352 e. The van der Waals surface area contributed by atoms with E-state index in [2.05, 4.69) is 4.98 Å². The van der Waals surface area contributed by atoms with Gasteiger partial charge < -0.3 is 14.8 Å². The summed E-state index contributed by atoms with van der Waals surface area (Å²) < 4.78 is 18.4. The molecule has 0 atom stereocenters. The third-order valence-electron chi connectivity index (χ3n) is 3.75. The van der Waals surface area contributed by atoms with Crippen LogP contribution in [0.4, 0.5) is 4.39 Å². The Morgan fingerprint density at radius 2 is 1.86 bits per heavy atom. The molecular formula is C17H14FNO3. The van der Waals surface area contributed by atoms with Gasteiger partial charge in [-0.1, -0.05) is 12.1 Å². The first-order valence-corrected chi connectivity index (χ1v) is 6.71. The average Bonchev–Trinajstić information content (AvgIpc) is 2.89. The van der Waals surface area contributed by atoms with Crippen molar-refractivity contribution in [3.05, 3.63) is 53.5 Å². The first kappa shape index (κ1) is 14.1. The second kappa shape index (κ2) is 5.18. The van der Waals surface area contributed by atoms with E-state index < -0.39 is 5.97 Å². The Bertz CT molecular complexity index is 866. The highest BCUT2D eigenvalue weighted by molar-refractivity contribution is 6.08. The van der Waals surface area contributed by atoms with Crippen molar-refractivity contribution in [3.8, 4) is 16.9 Å². The molecule has 0 aliphatic carbocycles. The van der Waals surface area contributed by atoms with Crippen LogP contribution in [0, 0.1) is 12.7 Å². The lowest BCUT2D eigenvalue weighted by atomic mass is 10.0. The fourth-order valence-electron chi connectivity index (χ4n) is 2.68. The van der Waals surface area contributed by atoms with E-state index in [-0.39, 0.29) is 11.5 Å². The average molecular weight is 299 g/mol. The van der Waals surface area contributed by atoms with Gasteiger partial charge in [-0.05, 0) is 36.8 Å². The number of aromatic carboxylic acids is 1. The number of aromatic amines is 1. The van der Waals surface area contributed by atoms with E-state index in [0.29, 0.717) is 22.4 Å². The Kier molecular flexibility index (Phi) is 3.33. The van der Waals surface area contributed by atoms with Crippen LogP contribution < -0.4 is 4.74 Å². The second-order valence-corrected chi connectivity index (χ2v) is 5.00. The predicted molar refractivity (Wildman–Crippen MR) is 81.9 cm³/mol. The minimum absolute atomic E-state index is 0.0814. The molecule has 5 heteroatoms. The third-order valence-corrected chi connectivity index (χ3v) is 3.75. The molecule has 112 valence electrons. The number of fused-ring (bicyclic) bond motifs is 1. The Hall–Kier alpha value is -2.82. The molecule has 0 aliphatic heterocycles. The van der Waals surface area contributed by atoms with E-state index in [1.807, 2.05) is 13.0 Å². The number of carbonyl (C=O) groups is 1. The predicted octanol–water partition coefficient (Wildman–Crippen LogP) is 3.99. The summed E-state index contributed by atoms with van der Waals surface area (Å²) in [5.41, 5.74) is 2.81. The number of ether oxygens (including phenoxy) is 1. The van der Waals surface area contributed by atoms with Crippen LogP contribution in [-0.4, -0.2) is 23.2 Å². The van der Waals surface area contributed by atoms with Gasteiger partial charge in [0.2, 0.25) is 0 Å². The summed E-state index contributed by atoms with van der Waals surface area (Å²) in [5.74, 6) is -0.747. The van der Waals surface area contributed by atoms with Crippen LogP contribution in [0.5, 0.6) is 5.75 Å². The van der Waals surface area contributed by atoms with Gasteiger partial charge in [0.25, 0.3) is 0 Å². The zero-order valence-corrected chi connectivity index (χ0v) is 12.1.